The van der Waals surface area contributed by atoms with Gasteiger partial charge in [-0.05, 0) is 30.3 Å². The molecule has 0 spiro atoms. The van der Waals surface area contributed by atoms with Gasteiger partial charge in [-0.2, -0.15) is 0 Å². The molecule has 142 valence electrons. The smallest absolute Gasteiger partial charge is 0.334 e. The molecule has 1 amide bonds. The van der Waals surface area contributed by atoms with E-state index in [4.69, 9.17) is 39.6 Å². The van der Waals surface area contributed by atoms with Crippen LogP contribution in [0.25, 0.3) is 0 Å². The van der Waals surface area contributed by atoms with Crippen molar-refractivity contribution in [2.24, 2.45) is 5.16 Å². The summed E-state index contributed by atoms with van der Waals surface area (Å²) in [6.45, 7) is 0.0582. The summed E-state index contributed by atoms with van der Waals surface area (Å²) in [5.74, 6) is -1.22. The molecule has 0 heterocycles. The number of ether oxygens (including phenoxy) is 1. The third-order valence-electron chi connectivity index (χ3n) is 3.35. The molecule has 0 aliphatic carbocycles. The van der Waals surface area contributed by atoms with Crippen LogP contribution in [-0.4, -0.2) is 31.2 Å². The molecule has 6 nitrogen and oxygen atoms in total. The van der Waals surface area contributed by atoms with Crippen molar-refractivity contribution >= 4 is 52.9 Å². The lowest BCUT2D eigenvalue weighted by atomic mass is 10.2. The Morgan fingerprint density at radius 2 is 1.89 bits per heavy atom. The molecule has 2 rings (SSSR count). The number of benzene rings is 2. The lowest BCUT2D eigenvalue weighted by molar-refractivity contribution is -0.140. The van der Waals surface area contributed by atoms with E-state index >= 15 is 0 Å². The molecule has 0 aliphatic rings. The van der Waals surface area contributed by atoms with Crippen LogP contribution in [0.4, 0.5) is 0 Å². The van der Waals surface area contributed by atoms with Gasteiger partial charge in [0, 0.05) is 26.2 Å². The van der Waals surface area contributed by atoms with E-state index in [0.29, 0.717) is 26.2 Å². The highest BCUT2D eigenvalue weighted by atomic mass is 35.5. The Morgan fingerprint density at radius 3 is 2.56 bits per heavy atom. The van der Waals surface area contributed by atoms with Crippen LogP contribution in [0.1, 0.15) is 15.9 Å². The molecule has 1 N–H and O–H groups in total. The molecule has 1 unspecified atom stereocenters. The number of hydrogen-bond acceptors (Lipinski definition) is 5. The van der Waals surface area contributed by atoms with Crippen LogP contribution >= 0.6 is 34.8 Å². The van der Waals surface area contributed by atoms with Crippen molar-refractivity contribution in [1.82, 2.24) is 5.32 Å². The first-order valence-corrected chi connectivity index (χ1v) is 8.77. The Hall–Kier alpha value is -2.28. The van der Waals surface area contributed by atoms with Crippen molar-refractivity contribution < 1.29 is 19.2 Å². The van der Waals surface area contributed by atoms with E-state index in [2.05, 4.69) is 15.2 Å². The Balaban J connectivity index is 2.00. The molecule has 9 heteroatoms. The molecule has 0 radical (unpaired) electrons. The number of esters is 1. The van der Waals surface area contributed by atoms with Crippen LogP contribution in [0, 0.1) is 0 Å². The SMILES string of the molecule is COC(=O)C(C=NOCc1ccc(Cl)cc1Cl)NC(=O)c1cccc(Cl)c1. The number of nitrogens with zero attached hydrogens (tertiary/aromatic N) is 1. The minimum Gasteiger partial charge on any atom is -0.467 e. The highest BCUT2D eigenvalue weighted by molar-refractivity contribution is 6.35. The van der Waals surface area contributed by atoms with Gasteiger partial charge in [-0.1, -0.05) is 52.1 Å². The van der Waals surface area contributed by atoms with E-state index in [-0.39, 0.29) is 6.61 Å². The summed E-state index contributed by atoms with van der Waals surface area (Å²) in [5, 5.41) is 7.52. The zero-order valence-corrected chi connectivity index (χ0v) is 16.4. The second-order valence-corrected chi connectivity index (χ2v) is 6.53. The zero-order valence-electron chi connectivity index (χ0n) is 14.1. The summed E-state index contributed by atoms with van der Waals surface area (Å²) in [4.78, 5) is 29.2. The minimum atomic E-state index is -1.14. The van der Waals surface area contributed by atoms with E-state index in [0.717, 1.165) is 6.21 Å². The van der Waals surface area contributed by atoms with Gasteiger partial charge >= 0.3 is 5.97 Å². The second-order valence-electron chi connectivity index (χ2n) is 5.25. The largest absolute Gasteiger partial charge is 0.467 e. The maximum absolute atomic E-state index is 12.2. The molecule has 2 aromatic carbocycles. The van der Waals surface area contributed by atoms with E-state index < -0.39 is 17.9 Å². The Labute approximate surface area is 171 Å². The quantitative estimate of drug-likeness (QED) is 0.408. The lowest BCUT2D eigenvalue weighted by Gasteiger charge is -2.12. The topological polar surface area (TPSA) is 77.0 Å². The van der Waals surface area contributed by atoms with Crippen molar-refractivity contribution in [3.8, 4) is 0 Å². The summed E-state index contributed by atoms with van der Waals surface area (Å²) < 4.78 is 4.66. The number of rotatable bonds is 7. The van der Waals surface area contributed by atoms with Gasteiger partial charge in [0.25, 0.3) is 5.91 Å². The summed E-state index contributed by atoms with van der Waals surface area (Å²) in [6.07, 6.45) is 1.12. The van der Waals surface area contributed by atoms with Crippen LogP contribution < -0.4 is 5.32 Å². The number of halogens is 3. The third kappa shape index (κ3) is 6.43. The molecule has 27 heavy (non-hydrogen) atoms. The third-order valence-corrected chi connectivity index (χ3v) is 4.17. The molecule has 0 bridgehead atoms. The van der Waals surface area contributed by atoms with E-state index in [1.807, 2.05) is 0 Å². The predicted molar refractivity (Wildman–Crippen MR) is 104 cm³/mol. The lowest BCUT2D eigenvalue weighted by Crippen LogP contribution is -2.42. The van der Waals surface area contributed by atoms with E-state index in [1.165, 1.54) is 13.2 Å². The van der Waals surface area contributed by atoms with E-state index in [1.54, 1.807) is 36.4 Å². The first-order chi connectivity index (χ1) is 12.9. The Morgan fingerprint density at radius 1 is 1.15 bits per heavy atom. The van der Waals surface area contributed by atoms with Crippen molar-refractivity contribution in [2.45, 2.75) is 12.6 Å². The fraction of sp³-hybridized carbons (Fsp3) is 0.167. The highest BCUT2D eigenvalue weighted by Crippen LogP contribution is 2.21. The molecule has 0 aliphatic heterocycles. The molecule has 0 saturated carbocycles. The molecular formula is C18H15Cl3N2O4. The van der Waals surface area contributed by atoms with Crippen LogP contribution in [0.2, 0.25) is 15.1 Å². The molecule has 0 fully saturated rings. The van der Waals surface area contributed by atoms with Gasteiger partial charge in [-0.3, -0.25) is 4.79 Å². The van der Waals surface area contributed by atoms with Crippen molar-refractivity contribution in [3.05, 3.63) is 68.7 Å². The molecule has 0 aromatic heterocycles. The van der Waals surface area contributed by atoms with Crippen LogP contribution in [0.15, 0.2) is 47.6 Å². The first-order valence-electron chi connectivity index (χ1n) is 7.64. The van der Waals surface area contributed by atoms with Crippen LogP contribution in [0.3, 0.4) is 0 Å². The van der Waals surface area contributed by atoms with Gasteiger partial charge in [-0.25, -0.2) is 4.79 Å². The minimum absolute atomic E-state index is 0.0582. The van der Waals surface area contributed by atoms with Gasteiger partial charge in [0.1, 0.15) is 6.61 Å². The fourth-order valence-corrected chi connectivity index (χ4v) is 2.64. The van der Waals surface area contributed by atoms with Crippen LogP contribution in [-0.2, 0) is 21.0 Å². The molecule has 2 aromatic rings. The van der Waals surface area contributed by atoms with Crippen LogP contribution in [0.5, 0.6) is 0 Å². The van der Waals surface area contributed by atoms with Gasteiger partial charge in [0.15, 0.2) is 6.04 Å². The maximum Gasteiger partial charge on any atom is 0.334 e. The number of carbonyl (C=O) groups is 2. The number of oxime groups is 1. The first kappa shape index (κ1) is 21.0. The fourth-order valence-electron chi connectivity index (χ4n) is 1.99. The predicted octanol–water partition coefficient (Wildman–Crippen LogP) is 4.12. The number of carbonyl (C=O) groups excluding carboxylic acids is 2. The number of amides is 1. The molecule has 1 atom stereocenters. The number of methoxy groups -OCH3 is 1. The molecule has 0 saturated heterocycles. The average Bonchev–Trinajstić information content (AvgIpc) is 2.64. The highest BCUT2D eigenvalue weighted by Gasteiger charge is 2.20. The standard InChI is InChI=1S/C18H15Cl3N2O4/c1-26-18(25)16(23-17(24)11-3-2-4-13(19)7-11)9-22-27-10-12-5-6-14(20)8-15(12)21/h2-9,16H,10H2,1H3,(H,23,24). The Kier molecular flexibility index (Phi) is 7.91. The Bertz CT molecular complexity index is 858. The van der Waals surface area contributed by atoms with Gasteiger partial charge < -0.3 is 14.9 Å². The number of nitrogens with one attached hydrogen (secondary N) is 1. The number of hydrogen-bond donors (Lipinski definition) is 1. The van der Waals surface area contributed by atoms with Crippen molar-refractivity contribution in [1.29, 1.82) is 0 Å². The van der Waals surface area contributed by atoms with Crippen molar-refractivity contribution in [2.75, 3.05) is 7.11 Å². The summed E-state index contributed by atoms with van der Waals surface area (Å²) in [7, 11) is 1.20. The molecular weight excluding hydrogens is 415 g/mol. The van der Waals surface area contributed by atoms with Crippen molar-refractivity contribution in [3.63, 3.8) is 0 Å². The summed E-state index contributed by atoms with van der Waals surface area (Å²) in [6, 6.07) is 10.1. The summed E-state index contributed by atoms with van der Waals surface area (Å²) in [5.41, 5.74) is 0.953. The van der Waals surface area contributed by atoms with Gasteiger partial charge in [0.2, 0.25) is 0 Å². The average molecular weight is 430 g/mol. The van der Waals surface area contributed by atoms with Gasteiger partial charge in [0.05, 0.1) is 13.3 Å². The second kappa shape index (κ2) is 10.2. The summed E-state index contributed by atoms with van der Waals surface area (Å²) >= 11 is 17.7. The zero-order chi connectivity index (χ0) is 19.8. The monoisotopic (exact) mass is 428 g/mol. The van der Waals surface area contributed by atoms with E-state index in [9.17, 15) is 9.59 Å². The maximum atomic E-state index is 12.2. The van der Waals surface area contributed by atoms with Gasteiger partial charge in [-0.15, -0.1) is 0 Å². The normalized spacial score (nSPS) is 11.9.